The SMILES string of the molecule is C[C@H]1[C@H](C)CC[C@]2(COC(=O)CCC(=O)NCC#CCN3CCNCC3)CC[C@]3(C)C(=CC[C@@H]4[C@@]5(C)CCCNC(C)(C)[C@@H]5CC[C@]43C)[C@H]12. The van der Waals surface area contributed by atoms with E-state index in [-0.39, 0.29) is 46.5 Å². The lowest BCUT2D eigenvalue weighted by Gasteiger charge is -2.70. The van der Waals surface area contributed by atoms with Gasteiger partial charge in [0, 0.05) is 43.6 Å². The lowest BCUT2D eigenvalue weighted by Crippen LogP contribution is -2.64. The van der Waals surface area contributed by atoms with E-state index in [1.54, 1.807) is 5.57 Å². The molecule has 274 valence electrons. The fourth-order valence-electron chi connectivity index (χ4n) is 12.6. The van der Waals surface area contributed by atoms with Crippen LogP contribution in [0.3, 0.4) is 0 Å². The number of esters is 1. The molecule has 3 saturated carbocycles. The van der Waals surface area contributed by atoms with Gasteiger partial charge in [0.2, 0.25) is 5.91 Å². The number of rotatable bonds is 7. The molecule has 2 heterocycles. The number of piperazine rings is 1. The molecule has 9 atom stereocenters. The van der Waals surface area contributed by atoms with Crippen LogP contribution in [0.4, 0.5) is 0 Å². The van der Waals surface area contributed by atoms with Gasteiger partial charge in [-0.05, 0) is 124 Å². The van der Waals surface area contributed by atoms with Crippen molar-refractivity contribution < 1.29 is 14.3 Å². The first-order valence-electron chi connectivity index (χ1n) is 20.0. The number of carbonyl (C=O) groups is 2. The second-order valence-electron chi connectivity index (χ2n) is 18.6. The summed E-state index contributed by atoms with van der Waals surface area (Å²) in [4.78, 5) is 28.0. The molecule has 3 N–H and O–H groups in total. The van der Waals surface area contributed by atoms with Crippen molar-refractivity contribution in [3.8, 4) is 11.8 Å². The van der Waals surface area contributed by atoms with Crippen LogP contribution in [-0.4, -0.2) is 74.7 Å². The van der Waals surface area contributed by atoms with Crippen molar-refractivity contribution in [1.29, 1.82) is 0 Å². The van der Waals surface area contributed by atoms with E-state index < -0.39 is 0 Å². The maximum absolute atomic E-state index is 13.1. The molecule has 0 aromatic heterocycles. The van der Waals surface area contributed by atoms with Gasteiger partial charge < -0.3 is 20.7 Å². The van der Waals surface area contributed by atoms with Crippen LogP contribution in [0.2, 0.25) is 0 Å². The minimum absolute atomic E-state index is 0.00622. The average Bonchev–Trinajstić information content (AvgIpc) is 3.19. The Hall–Kier alpha value is -1.88. The number of ether oxygens (including phenoxy) is 1. The molecule has 6 rings (SSSR count). The van der Waals surface area contributed by atoms with Crippen molar-refractivity contribution in [3.63, 3.8) is 0 Å². The zero-order valence-electron chi connectivity index (χ0n) is 32.1. The van der Waals surface area contributed by atoms with Gasteiger partial charge in [-0.25, -0.2) is 0 Å². The molecular formula is C42H68N4O3. The summed E-state index contributed by atoms with van der Waals surface area (Å²) < 4.78 is 6.16. The van der Waals surface area contributed by atoms with Gasteiger partial charge in [-0.15, -0.1) is 0 Å². The summed E-state index contributed by atoms with van der Waals surface area (Å²) in [5.41, 5.74) is 2.66. The number of amides is 1. The number of hydrogen-bond donors (Lipinski definition) is 3. The quantitative estimate of drug-likeness (QED) is 0.166. The second kappa shape index (κ2) is 14.3. The highest BCUT2D eigenvalue weighted by Gasteiger charge is 2.67. The first kappa shape index (κ1) is 36.9. The van der Waals surface area contributed by atoms with E-state index in [9.17, 15) is 9.59 Å². The number of hydrogen-bond acceptors (Lipinski definition) is 6. The highest BCUT2D eigenvalue weighted by atomic mass is 16.5. The molecule has 0 aromatic carbocycles. The third-order valence-corrected chi connectivity index (χ3v) is 15.9. The van der Waals surface area contributed by atoms with E-state index in [1.165, 1.54) is 44.9 Å². The fourth-order valence-corrected chi connectivity index (χ4v) is 12.6. The predicted octanol–water partition coefficient (Wildman–Crippen LogP) is 6.33. The van der Waals surface area contributed by atoms with Crippen molar-refractivity contribution >= 4 is 11.9 Å². The van der Waals surface area contributed by atoms with Crippen LogP contribution in [0.1, 0.15) is 119 Å². The van der Waals surface area contributed by atoms with Gasteiger partial charge in [0.25, 0.3) is 0 Å². The maximum Gasteiger partial charge on any atom is 0.306 e. The van der Waals surface area contributed by atoms with Gasteiger partial charge in [-0.2, -0.15) is 0 Å². The number of nitrogens with zero attached hydrogens (tertiary/aromatic N) is 1. The summed E-state index contributed by atoms with van der Waals surface area (Å²) in [7, 11) is 0. The van der Waals surface area contributed by atoms with Gasteiger partial charge in [0.15, 0.2) is 0 Å². The monoisotopic (exact) mass is 677 g/mol. The van der Waals surface area contributed by atoms with E-state index in [4.69, 9.17) is 4.74 Å². The zero-order chi connectivity index (χ0) is 35.1. The minimum atomic E-state index is -0.242. The van der Waals surface area contributed by atoms with Crippen LogP contribution in [0.25, 0.3) is 0 Å². The van der Waals surface area contributed by atoms with Crippen molar-refractivity contribution in [2.24, 2.45) is 51.2 Å². The summed E-state index contributed by atoms with van der Waals surface area (Å²) in [6.45, 7) is 24.6. The van der Waals surface area contributed by atoms with Crippen molar-refractivity contribution in [3.05, 3.63) is 11.6 Å². The van der Waals surface area contributed by atoms with Gasteiger partial charge in [0.05, 0.1) is 26.1 Å². The van der Waals surface area contributed by atoms with Crippen LogP contribution in [0.5, 0.6) is 0 Å². The lowest BCUT2D eigenvalue weighted by atomic mass is 9.35. The van der Waals surface area contributed by atoms with Crippen LogP contribution < -0.4 is 16.0 Å². The summed E-state index contributed by atoms with van der Waals surface area (Å²) >= 11 is 0. The molecule has 7 nitrogen and oxygen atoms in total. The molecule has 49 heavy (non-hydrogen) atoms. The number of fused-ring (bicyclic) bond motifs is 7. The first-order valence-corrected chi connectivity index (χ1v) is 20.0. The van der Waals surface area contributed by atoms with Crippen LogP contribution in [-0.2, 0) is 14.3 Å². The summed E-state index contributed by atoms with van der Waals surface area (Å²) in [6.07, 6.45) is 14.0. The fraction of sp³-hybridized carbons (Fsp3) is 0.857. The Balaban J connectivity index is 1.11. The van der Waals surface area contributed by atoms with Crippen molar-refractivity contribution in [2.45, 2.75) is 125 Å². The molecule has 0 spiro atoms. The molecule has 2 saturated heterocycles. The molecule has 5 fully saturated rings. The third-order valence-electron chi connectivity index (χ3n) is 15.9. The summed E-state index contributed by atoms with van der Waals surface area (Å²) in [6, 6.07) is 0. The molecule has 0 bridgehead atoms. The molecule has 1 amide bonds. The molecule has 7 heteroatoms. The molecule has 6 aliphatic rings. The van der Waals surface area contributed by atoms with E-state index in [2.05, 4.69) is 87.2 Å². The molecular weight excluding hydrogens is 608 g/mol. The average molecular weight is 677 g/mol. The van der Waals surface area contributed by atoms with Gasteiger partial charge in [-0.3, -0.25) is 14.5 Å². The van der Waals surface area contributed by atoms with E-state index in [0.717, 1.165) is 52.1 Å². The standard InChI is InChI=1S/C42H68N4O3/c1-30-15-19-42(29-49-36(48)14-13-35(47)44-22-8-9-26-46-27-24-43-25-28-46)21-20-40(6)32(37(42)31(30)2)11-12-34-39(5)17-10-23-45-38(3,4)33(39)16-18-41(34,40)7/h11,30-31,33-34,37,43,45H,10,12-29H2,1-7H3,(H,44,47)/t30-,31+,33+,34-,37+,39+,40-,41-,42-/m1/s1. The van der Waals surface area contributed by atoms with Crippen molar-refractivity contribution in [1.82, 2.24) is 20.9 Å². The van der Waals surface area contributed by atoms with Crippen LogP contribution >= 0.6 is 0 Å². The molecule has 0 unspecified atom stereocenters. The van der Waals surface area contributed by atoms with Gasteiger partial charge in [-0.1, -0.05) is 58.1 Å². The molecule has 0 aromatic rings. The smallest absolute Gasteiger partial charge is 0.306 e. The third kappa shape index (κ3) is 6.77. The topological polar surface area (TPSA) is 82.7 Å². The second-order valence-corrected chi connectivity index (χ2v) is 18.6. The summed E-state index contributed by atoms with van der Waals surface area (Å²) in [5.74, 6) is 8.90. The van der Waals surface area contributed by atoms with Crippen LogP contribution in [0, 0.1) is 63.1 Å². The van der Waals surface area contributed by atoms with Gasteiger partial charge >= 0.3 is 5.97 Å². The van der Waals surface area contributed by atoms with Gasteiger partial charge in [0.1, 0.15) is 0 Å². The number of carbonyl (C=O) groups excluding carboxylic acids is 2. The first-order chi connectivity index (χ1) is 23.3. The Morgan fingerprint density at radius 2 is 1.71 bits per heavy atom. The largest absolute Gasteiger partial charge is 0.465 e. The van der Waals surface area contributed by atoms with E-state index in [1.807, 2.05) is 0 Å². The maximum atomic E-state index is 13.1. The lowest BCUT2D eigenvalue weighted by molar-refractivity contribution is -0.172. The number of allylic oxidation sites excluding steroid dienone is 2. The highest BCUT2D eigenvalue weighted by Crippen LogP contribution is 2.74. The minimum Gasteiger partial charge on any atom is -0.465 e. The van der Waals surface area contributed by atoms with E-state index >= 15 is 0 Å². The van der Waals surface area contributed by atoms with E-state index in [0.29, 0.717) is 48.2 Å². The molecule has 2 aliphatic heterocycles. The zero-order valence-corrected chi connectivity index (χ0v) is 32.1. The summed E-state index contributed by atoms with van der Waals surface area (Å²) in [5, 5.41) is 10.2. The van der Waals surface area contributed by atoms with Crippen molar-refractivity contribution in [2.75, 3.05) is 52.4 Å². The Labute approximate surface area is 298 Å². The Morgan fingerprint density at radius 3 is 2.49 bits per heavy atom. The molecule has 4 aliphatic carbocycles. The van der Waals surface area contributed by atoms with Crippen LogP contribution in [0.15, 0.2) is 11.6 Å². The Kier molecular flexibility index (Phi) is 10.7. The highest BCUT2D eigenvalue weighted by molar-refractivity contribution is 5.81. The Morgan fingerprint density at radius 1 is 0.939 bits per heavy atom. The predicted molar refractivity (Wildman–Crippen MR) is 198 cm³/mol. The normalized spacial score (nSPS) is 41.6. The number of nitrogens with one attached hydrogen (secondary N) is 3. The molecule has 0 radical (unpaired) electrons. The Bertz CT molecular complexity index is 1330.